The second kappa shape index (κ2) is 13.4. The molecule has 0 radical (unpaired) electrons. The average molecular weight is 665 g/mol. The molecule has 0 saturated carbocycles. The maximum absolute atomic E-state index is 9.66. The lowest BCUT2D eigenvalue weighted by Gasteiger charge is -2.13. The highest BCUT2D eigenvalue weighted by Gasteiger charge is 2.18. The first kappa shape index (κ1) is 18.2. The Hall–Kier alpha value is -6.37. The van der Waals surface area contributed by atoms with Gasteiger partial charge in [-0.3, -0.25) is 0 Å². The topological polar surface area (TPSA) is 77.3 Å². The molecule has 0 aliphatic heterocycles. The minimum atomic E-state index is -0.758. The Morgan fingerprint density at radius 2 is 0.796 bits per heavy atom. The lowest BCUT2D eigenvalue weighted by Crippen LogP contribution is -2.01. The molecule has 2 heterocycles. The molecular weight excluding hydrogens is 624 g/mol. The van der Waals surface area contributed by atoms with E-state index in [-0.39, 0.29) is 27.5 Å². The number of nitrogens with zero attached hydrogens (tertiary/aromatic N) is 6. The van der Waals surface area contributed by atoms with E-state index in [1.807, 2.05) is 60.7 Å². The van der Waals surface area contributed by atoms with Crippen molar-refractivity contribution in [3.05, 3.63) is 168 Å². The van der Waals surface area contributed by atoms with Crippen molar-refractivity contribution in [1.82, 2.24) is 29.9 Å². The fourth-order valence-electron chi connectivity index (χ4n) is 4.87. The standard InChI is InChI=1S/C42H27ClN6/c43-34-24-25-35(42-48-39(30-18-9-3-10-19-30)45-40(49-42)31-20-11-4-12-21-31)36(27-34)32-22-13-23-33(26-32)41-46-37(28-14-5-1-6-15-28)44-38(47-41)29-16-7-2-8-17-29/h1-27H/i1D,2D,5D,6D,7D,8D,13D,14D,15D,16D,17D,22D,23D,26D. The molecule has 0 saturated heterocycles. The summed E-state index contributed by atoms with van der Waals surface area (Å²) in [6.45, 7) is 0. The van der Waals surface area contributed by atoms with Crippen LogP contribution >= 0.6 is 11.6 Å². The second-order valence-corrected chi connectivity index (χ2v) is 10.7. The minimum absolute atomic E-state index is 0.0854. The molecule has 8 rings (SSSR count). The summed E-state index contributed by atoms with van der Waals surface area (Å²) in [4.78, 5) is 27.4. The van der Waals surface area contributed by atoms with Crippen molar-refractivity contribution in [2.24, 2.45) is 0 Å². The maximum atomic E-state index is 9.66. The zero-order valence-corrected chi connectivity index (χ0v) is 25.8. The summed E-state index contributed by atoms with van der Waals surface area (Å²) in [6, 6.07) is 12.7. The largest absolute Gasteiger partial charge is 0.208 e. The summed E-state index contributed by atoms with van der Waals surface area (Å²) >= 11 is 6.60. The van der Waals surface area contributed by atoms with Gasteiger partial charge in [-0.1, -0.05) is 151 Å². The van der Waals surface area contributed by atoms with Crippen molar-refractivity contribution in [2.45, 2.75) is 0 Å². The van der Waals surface area contributed by atoms with Gasteiger partial charge < -0.3 is 0 Å². The molecule has 0 spiro atoms. The van der Waals surface area contributed by atoms with Crippen LogP contribution in [0.5, 0.6) is 0 Å². The van der Waals surface area contributed by atoms with Crippen LogP contribution in [-0.2, 0) is 0 Å². The molecule has 0 amide bonds. The highest BCUT2D eigenvalue weighted by molar-refractivity contribution is 6.31. The van der Waals surface area contributed by atoms with E-state index >= 15 is 0 Å². The van der Waals surface area contributed by atoms with Crippen molar-refractivity contribution in [3.63, 3.8) is 0 Å². The van der Waals surface area contributed by atoms with E-state index in [1.165, 1.54) is 6.07 Å². The fourth-order valence-corrected chi connectivity index (χ4v) is 5.04. The predicted octanol–water partition coefficient (Wildman–Crippen LogP) is 10.4. The molecule has 6 aromatic carbocycles. The Morgan fingerprint density at radius 1 is 0.367 bits per heavy atom. The van der Waals surface area contributed by atoms with Crippen molar-refractivity contribution in [1.29, 1.82) is 0 Å². The third kappa shape index (κ3) is 6.46. The Labute approximate surface area is 308 Å². The van der Waals surface area contributed by atoms with Gasteiger partial charge >= 0.3 is 0 Å². The molecule has 0 aliphatic rings. The molecule has 0 bridgehead atoms. The zero-order chi connectivity index (χ0) is 45.2. The van der Waals surface area contributed by atoms with E-state index in [2.05, 4.69) is 15.0 Å². The molecular formula is C42H27ClN6. The van der Waals surface area contributed by atoms with Crippen LogP contribution in [0.3, 0.4) is 0 Å². The predicted molar refractivity (Wildman–Crippen MR) is 196 cm³/mol. The highest BCUT2D eigenvalue weighted by Crippen LogP contribution is 2.36. The van der Waals surface area contributed by atoms with Gasteiger partial charge in [-0.05, 0) is 35.4 Å². The number of hydrogen-bond donors (Lipinski definition) is 0. The summed E-state index contributed by atoms with van der Waals surface area (Å²) in [5, 5.41) is 0.156. The molecule has 0 fully saturated rings. The summed E-state index contributed by atoms with van der Waals surface area (Å²) in [6.07, 6.45) is 0. The highest BCUT2D eigenvalue weighted by atomic mass is 35.5. The monoisotopic (exact) mass is 664 g/mol. The molecule has 0 N–H and O–H groups in total. The quantitative estimate of drug-likeness (QED) is 0.169. The van der Waals surface area contributed by atoms with Gasteiger partial charge in [0.25, 0.3) is 0 Å². The molecule has 0 aliphatic carbocycles. The molecule has 0 unspecified atom stereocenters. The number of aromatic nitrogens is 6. The lowest BCUT2D eigenvalue weighted by molar-refractivity contribution is 1.07. The van der Waals surface area contributed by atoms with Gasteiger partial charge in [0.1, 0.15) is 0 Å². The van der Waals surface area contributed by atoms with Crippen LogP contribution in [0.2, 0.25) is 5.02 Å². The van der Waals surface area contributed by atoms with E-state index < -0.39 is 119 Å². The number of rotatable bonds is 7. The van der Waals surface area contributed by atoms with E-state index in [0.29, 0.717) is 22.8 Å². The van der Waals surface area contributed by atoms with Gasteiger partial charge in [-0.15, -0.1) is 0 Å². The van der Waals surface area contributed by atoms with Crippen LogP contribution in [0.4, 0.5) is 0 Å². The van der Waals surface area contributed by atoms with E-state index in [0.717, 1.165) is 0 Å². The van der Waals surface area contributed by atoms with Crippen molar-refractivity contribution >= 4 is 11.6 Å². The van der Waals surface area contributed by atoms with E-state index in [9.17, 15) is 1.37 Å². The second-order valence-electron chi connectivity index (χ2n) is 10.3. The fraction of sp³-hybridized carbons (Fsp3) is 0. The summed E-state index contributed by atoms with van der Waals surface area (Å²) in [5.74, 6) is -1.17. The number of halogens is 1. The maximum Gasteiger partial charge on any atom is 0.164 e. The van der Waals surface area contributed by atoms with Crippen molar-refractivity contribution < 1.29 is 19.2 Å². The molecule has 0 atom stereocenters. The molecule has 49 heavy (non-hydrogen) atoms. The number of hydrogen-bond acceptors (Lipinski definition) is 6. The first-order valence-electron chi connectivity index (χ1n) is 21.7. The van der Waals surface area contributed by atoms with Crippen molar-refractivity contribution in [2.75, 3.05) is 0 Å². The van der Waals surface area contributed by atoms with Gasteiger partial charge in [0.05, 0.1) is 19.2 Å². The number of benzene rings is 6. The Morgan fingerprint density at radius 3 is 1.33 bits per heavy atom. The lowest BCUT2D eigenvalue weighted by atomic mass is 9.97. The van der Waals surface area contributed by atoms with Crippen molar-refractivity contribution in [3.8, 4) is 79.5 Å². The van der Waals surface area contributed by atoms with Gasteiger partial charge in [-0.2, -0.15) is 0 Å². The van der Waals surface area contributed by atoms with Crippen LogP contribution < -0.4 is 0 Å². The van der Waals surface area contributed by atoms with Gasteiger partial charge in [-0.25, -0.2) is 29.9 Å². The SMILES string of the molecule is [2H]c1c([2H])c([2H])c(-c2nc(-c3c([2H])c([2H])c([2H])c([2H])c3[2H])nc(-c3c([2H])c([2H])c([2H])c(-c4cc(Cl)ccc4-c4nc(-c5ccccc5)nc(-c5ccccc5)n4)c3[2H])n2)c([2H])c1[2H]. The summed E-state index contributed by atoms with van der Waals surface area (Å²) in [7, 11) is 0. The average Bonchev–Trinajstić information content (AvgIpc) is 3.29. The Bertz CT molecular complexity index is 2990. The molecule has 6 nitrogen and oxygen atoms in total. The smallest absolute Gasteiger partial charge is 0.164 e. The minimum Gasteiger partial charge on any atom is -0.208 e. The molecule has 2 aromatic heterocycles. The first-order chi connectivity index (χ1) is 30.0. The van der Waals surface area contributed by atoms with Crippen LogP contribution in [0.25, 0.3) is 79.5 Å². The molecule has 232 valence electrons. The third-order valence-corrected chi connectivity index (χ3v) is 7.36. The van der Waals surface area contributed by atoms with Gasteiger partial charge in [0.2, 0.25) is 0 Å². The van der Waals surface area contributed by atoms with E-state index in [4.69, 9.17) is 44.4 Å². The van der Waals surface area contributed by atoms with Gasteiger partial charge in [0, 0.05) is 38.4 Å². The third-order valence-electron chi connectivity index (χ3n) is 7.12. The first-order valence-corrected chi connectivity index (χ1v) is 15.1. The molecule has 7 heteroatoms. The van der Waals surface area contributed by atoms with Crippen LogP contribution in [0, 0.1) is 0 Å². The van der Waals surface area contributed by atoms with Crippen LogP contribution in [0.1, 0.15) is 19.2 Å². The summed E-state index contributed by atoms with van der Waals surface area (Å²) in [5.41, 5.74) is -0.230. The zero-order valence-electron chi connectivity index (χ0n) is 39.1. The van der Waals surface area contributed by atoms with Crippen LogP contribution in [0.15, 0.2) is 163 Å². The van der Waals surface area contributed by atoms with Crippen LogP contribution in [-0.4, -0.2) is 29.9 Å². The molecule has 8 aromatic rings. The van der Waals surface area contributed by atoms with E-state index in [1.54, 1.807) is 12.1 Å². The van der Waals surface area contributed by atoms with Gasteiger partial charge in [0.15, 0.2) is 34.9 Å². The normalized spacial score (nSPS) is 15.0. The Balaban J connectivity index is 1.44. The summed E-state index contributed by atoms with van der Waals surface area (Å²) < 4.78 is 121. The Kier molecular flexibility index (Phi) is 4.99.